The number of carbonyl (C=O) groups is 3. The summed E-state index contributed by atoms with van der Waals surface area (Å²) in [6.45, 7) is 4.94. The summed E-state index contributed by atoms with van der Waals surface area (Å²) < 4.78 is 0. The number of carboxylic acid groups (broad SMARTS) is 1. The molecule has 1 aliphatic heterocycles. The van der Waals surface area contributed by atoms with Gasteiger partial charge in [0.05, 0.1) is 23.8 Å². The fourth-order valence-electron chi connectivity index (χ4n) is 3.50. The van der Waals surface area contributed by atoms with Crippen LogP contribution in [-0.2, 0) is 11.3 Å². The Morgan fingerprint density at radius 1 is 1.07 bits per heavy atom. The molecule has 0 saturated carbocycles. The lowest BCUT2D eigenvalue weighted by molar-refractivity contribution is -0.131. The molecule has 1 atom stereocenters. The van der Waals surface area contributed by atoms with E-state index in [2.05, 4.69) is 19.3 Å². The fraction of sp³-hybridized carbons (Fsp3) is 0.318. The average Bonchev–Trinajstić information content (AvgIpc) is 2.97. The molecule has 2 amide bonds. The summed E-state index contributed by atoms with van der Waals surface area (Å²) in [5, 5.41) is 10.6. The van der Waals surface area contributed by atoms with Crippen LogP contribution in [0, 0.1) is 5.92 Å². The highest BCUT2D eigenvalue weighted by Crippen LogP contribution is 2.23. The third kappa shape index (κ3) is 4.81. The molecule has 7 nitrogen and oxygen atoms in total. The Bertz CT molecular complexity index is 898. The number of carbonyl (C=O) groups excluding carboxylic acids is 2. The maximum Gasteiger partial charge on any atom is 0.336 e. The van der Waals surface area contributed by atoms with Gasteiger partial charge in [-0.1, -0.05) is 56.3 Å². The molecule has 7 heteroatoms. The molecule has 1 saturated heterocycles. The highest BCUT2D eigenvalue weighted by molar-refractivity contribution is 6.05. The van der Waals surface area contributed by atoms with E-state index in [-0.39, 0.29) is 29.7 Å². The van der Waals surface area contributed by atoms with Crippen LogP contribution in [0.4, 0.5) is 0 Å². The van der Waals surface area contributed by atoms with Gasteiger partial charge in [0.2, 0.25) is 0 Å². The molecule has 2 aromatic rings. The quantitative estimate of drug-likeness (QED) is 0.752. The topological polar surface area (TPSA) is 90.0 Å². The first kappa shape index (κ1) is 20.5. The molecule has 0 bridgehead atoms. The lowest BCUT2D eigenvalue weighted by Crippen LogP contribution is -2.45. The molecule has 1 heterocycles. The number of nitrogens with one attached hydrogen (secondary N) is 1. The maximum atomic E-state index is 13.0. The maximum absolute atomic E-state index is 13.0. The van der Waals surface area contributed by atoms with E-state index in [0.29, 0.717) is 18.9 Å². The molecule has 2 N–H and O–H groups in total. The largest absolute Gasteiger partial charge is 0.478 e. The van der Waals surface area contributed by atoms with Gasteiger partial charge in [-0.25, -0.2) is 9.80 Å². The predicted octanol–water partition coefficient (Wildman–Crippen LogP) is 2.75. The van der Waals surface area contributed by atoms with Crippen LogP contribution in [0.2, 0.25) is 0 Å². The summed E-state index contributed by atoms with van der Waals surface area (Å²) in [6, 6.07) is 15.5. The average molecular weight is 395 g/mol. The number of hydrogen-bond acceptors (Lipinski definition) is 4. The summed E-state index contributed by atoms with van der Waals surface area (Å²) in [5.74, 6) is -1.67. The van der Waals surface area contributed by atoms with Crippen LogP contribution in [0.5, 0.6) is 0 Å². The number of nitrogens with zero attached hydrogens (tertiary/aromatic N) is 2. The van der Waals surface area contributed by atoms with Crippen molar-refractivity contribution in [3.8, 4) is 0 Å². The van der Waals surface area contributed by atoms with Gasteiger partial charge in [0.25, 0.3) is 11.8 Å². The van der Waals surface area contributed by atoms with Crippen molar-refractivity contribution in [1.82, 2.24) is 15.3 Å². The van der Waals surface area contributed by atoms with E-state index in [9.17, 15) is 19.5 Å². The Kier molecular flexibility index (Phi) is 6.29. The molecule has 29 heavy (non-hydrogen) atoms. The Morgan fingerprint density at radius 3 is 2.31 bits per heavy atom. The Morgan fingerprint density at radius 2 is 1.69 bits per heavy atom. The van der Waals surface area contributed by atoms with Gasteiger partial charge in [-0.05, 0) is 30.0 Å². The summed E-state index contributed by atoms with van der Waals surface area (Å²) >= 11 is 0. The van der Waals surface area contributed by atoms with Gasteiger partial charge in [0.1, 0.15) is 0 Å². The first-order valence-electron chi connectivity index (χ1n) is 9.59. The normalized spacial score (nSPS) is 17.0. The van der Waals surface area contributed by atoms with E-state index >= 15 is 0 Å². The van der Waals surface area contributed by atoms with E-state index in [4.69, 9.17) is 0 Å². The van der Waals surface area contributed by atoms with Gasteiger partial charge in [-0.3, -0.25) is 19.9 Å². The minimum absolute atomic E-state index is 0.0229. The lowest BCUT2D eigenvalue weighted by Gasteiger charge is -2.22. The molecule has 0 radical (unpaired) electrons. The van der Waals surface area contributed by atoms with Crippen molar-refractivity contribution in [3.63, 3.8) is 0 Å². The number of carboxylic acids is 1. The third-order valence-corrected chi connectivity index (χ3v) is 4.88. The monoisotopic (exact) mass is 395 g/mol. The van der Waals surface area contributed by atoms with Gasteiger partial charge in [-0.15, -0.1) is 0 Å². The fourth-order valence-corrected chi connectivity index (χ4v) is 3.50. The summed E-state index contributed by atoms with van der Waals surface area (Å²) in [4.78, 5) is 39.1. The van der Waals surface area contributed by atoms with Crippen molar-refractivity contribution in [2.45, 2.75) is 32.9 Å². The van der Waals surface area contributed by atoms with E-state index in [0.717, 1.165) is 5.56 Å². The molecular weight excluding hydrogens is 370 g/mol. The van der Waals surface area contributed by atoms with Crippen molar-refractivity contribution in [2.75, 3.05) is 6.67 Å². The molecule has 0 aromatic heterocycles. The van der Waals surface area contributed by atoms with Crippen LogP contribution >= 0.6 is 0 Å². The summed E-state index contributed by atoms with van der Waals surface area (Å²) in [6.07, 6.45) is 0.670. The standard InChI is InChI=1S/C22H25N3O4/c1-15(2)12-19-21(27)25(14-24(19)13-16-8-4-3-5-9-16)23-20(26)17-10-6-7-11-18(17)22(28)29/h3-11,15,19H,12-14H2,1-2H3,(H,23,26)(H,28,29). The van der Waals surface area contributed by atoms with Gasteiger partial charge >= 0.3 is 5.97 Å². The number of hydrogen-bond donors (Lipinski definition) is 2. The zero-order chi connectivity index (χ0) is 21.0. The van der Waals surface area contributed by atoms with E-state index in [1.165, 1.54) is 17.1 Å². The number of amides is 2. The molecule has 152 valence electrons. The predicted molar refractivity (Wildman–Crippen MR) is 108 cm³/mol. The Balaban J connectivity index is 1.78. The number of benzene rings is 2. The highest BCUT2D eigenvalue weighted by atomic mass is 16.4. The van der Waals surface area contributed by atoms with Crippen molar-refractivity contribution >= 4 is 17.8 Å². The summed E-state index contributed by atoms with van der Waals surface area (Å²) in [7, 11) is 0. The molecule has 0 spiro atoms. The second kappa shape index (κ2) is 8.87. The van der Waals surface area contributed by atoms with Crippen molar-refractivity contribution in [1.29, 1.82) is 0 Å². The van der Waals surface area contributed by atoms with E-state index in [1.807, 2.05) is 35.2 Å². The van der Waals surface area contributed by atoms with Crippen LogP contribution in [-0.4, -0.2) is 45.5 Å². The van der Waals surface area contributed by atoms with Crippen molar-refractivity contribution < 1.29 is 19.5 Å². The lowest BCUT2D eigenvalue weighted by atomic mass is 10.0. The number of aromatic carboxylic acids is 1. The summed E-state index contributed by atoms with van der Waals surface area (Å²) in [5.41, 5.74) is 3.60. The minimum Gasteiger partial charge on any atom is -0.478 e. The highest BCUT2D eigenvalue weighted by Gasteiger charge is 2.39. The van der Waals surface area contributed by atoms with Gasteiger partial charge in [-0.2, -0.15) is 0 Å². The van der Waals surface area contributed by atoms with Crippen molar-refractivity contribution in [3.05, 3.63) is 71.3 Å². The molecular formula is C22H25N3O4. The molecule has 1 aliphatic rings. The van der Waals surface area contributed by atoms with Gasteiger partial charge < -0.3 is 5.11 Å². The van der Waals surface area contributed by atoms with Crippen LogP contribution in [0.15, 0.2) is 54.6 Å². The third-order valence-electron chi connectivity index (χ3n) is 4.88. The van der Waals surface area contributed by atoms with Crippen molar-refractivity contribution in [2.24, 2.45) is 5.92 Å². The second-order valence-electron chi connectivity index (χ2n) is 7.58. The SMILES string of the molecule is CC(C)CC1C(=O)N(NC(=O)c2ccccc2C(=O)O)CN1Cc1ccccc1. The van der Waals surface area contributed by atoms with Crippen LogP contribution in [0.3, 0.4) is 0 Å². The first-order valence-corrected chi connectivity index (χ1v) is 9.59. The molecule has 2 aromatic carbocycles. The number of rotatable bonds is 7. The Hall–Kier alpha value is -3.19. The van der Waals surface area contributed by atoms with E-state index < -0.39 is 11.9 Å². The number of hydrazine groups is 1. The molecule has 0 aliphatic carbocycles. The van der Waals surface area contributed by atoms with Crippen LogP contribution in [0.25, 0.3) is 0 Å². The minimum atomic E-state index is -1.19. The first-order chi connectivity index (χ1) is 13.9. The van der Waals surface area contributed by atoms with E-state index in [1.54, 1.807) is 12.1 Å². The van der Waals surface area contributed by atoms with Gasteiger partial charge in [0, 0.05) is 6.54 Å². The second-order valence-corrected chi connectivity index (χ2v) is 7.58. The zero-order valence-electron chi connectivity index (χ0n) is 16.5. The van der Waals surface area contributed by atoms with Crippen LogP contribution < -0.4 is 5.43 Å². The van der Waals surface area contributed by atoms with Gasteiger partial charge in [0.15, 0.2) is 0 Å². The zero-order valence-corrected chi connectivity index (χ0v) is 16.5. The van der Waals surface area contributed by atoms with Crippen LogP contribution in [0.1, 0.15) is 46.5 Å². The molecule has 3 rings (SSSR count). The Labute approximate surface area is 169 Å². The molecule has 1 unspecified atom stereocenters. The molecule has 1 fully saturated rings. The smallest absolute Gasteiger partial charge is 0.336 e.